The SMILES string of the molecule is NC1C(=O)N(N)c2ccccc21. The van der Waals surface area contributed by atoms with Crippen molar-refractivity contribution in [1.29, 1.82) is 0 Å². The number of benzene rings is 1. The minimum absolute atomic E-state index is 0.254. The molecule has 1 aliphatic heterocycles. The minimum atomic E-state index is -0.591. The molecule has 0 fully saturated rings. The Kier molecular flexibility index (Phi) is 1.39. The fraction of sp³-hybridized carbons (Fsp3) is 0.125. The van der Waals surface area contributed by atoms with Crippen LogP contribution in [-0.2, 0) is 4.79 Å². The first-order valence-corrected chi connectivity index (χ1v) is 3.65. The van der Waals surface area contributed by atoms with E-state index in [0.29, 0.717) is 5.69 Å². The first-order valence-electron chi connectivity index (χ1n) is 3.65. The van der Waals surface area contributed by atoms with Crippen molar-refractivity contribution < 1.29 is 4.79 Å². The molecule has 1 aromatic carbocycles. The second kappa shape index (κ2) is 2.30. The Bertz CT molecular complexity index is 306. The molecule has 4 heteroatoms. The van der Waals surface area contributed by atoms with Crippen LogP contribution in [0.2, 0.25) is 0 Å². The summed E-state index contributed by atoms with van der Waals surface area (Å²) < 4.78 is 0. The molecule has 0 aliphatic carbocycles. The highest BCUT2D eigenvalue weighted by molar-refractivity contribution is 6.03. The number of amides is 1. The predicted octanol–water partition coefficient (Wildman–Crippen LogP) is -0.0933. The number of para-hydroxylation sites is 1. The second-order valence-electron chi connectivity index (χ2n) is 2.74. The summed E-state index contributed by atoms with van der Waals surface area (Å²) in [5.41, 5.74) is 7.11. The molecule has 12 heavy (non-hydrogen) atoms. The number of rotatable bonds is 0. The lowest BCUT2D eigenvalue weighted by molar-refractivity contribution is -0.119. The van der Waals surface area contributed by atoms with Gasteiger partial charge in [-0.3, -0.25) is 4.79 Å². The van der Waals surface area contributed by atoms with Gasteiger partial charge in [-0.05, 0) is 6.07 Å². The zero-order valence-electron chi connectivity index (χ0n) is 6.40. The molecule has 0 spiro atoms. The molecular formula is C8H9N3O. The van der Waals surface area contributed by atoms with Gasteiger partial charge < -0.3 is 5.73 Å². The summed E-state index contributed by atoms with van der Waals surface area (Å²) >= 11 is 0. The summed E-state index contributed by atoms with van der Waals surface area (Å²) in [6.45, 7) is 0. The van der Waals surface area contributed by atoms with Crippen LogP contribution < -0.4 is 16.6 Å². The Morgan fingerprint density at radius 2 is 2.00 bits per heavy atom. The van der Waals surface area contributed by atoms with Gasteiger partial charge >= 0.3 is 0 Å². The number of nitrogens with zero attached hydrogens (tertiary/aromatic N) is 1. The highest BCUT2D eigenvalue weighted by Gasteiger charge is 2.32. The number of hydrazine groups is 1. The average Bonchev–Trinajstić information content (AvgIpc) is 2.33. The van der Waals surface area contributed by atoms with Crippen LogP contribution in [0.1, 0.15) is 11.6 Å². The van der Waals surface area contributed by atoms with Gasteiger partial charge in [0.05, 0.1) is 5.69 Å². The van der Waals surface area contributed by atoms with Crippen molar-refractivity contribution in [2.75, 3.05) is 5.01 Å². The number of anilines is 1. The van der Waals surface area contributed by atoms with E-state index in [2.05, 4.69) is 0 Å². The minimum Gasteiger partial charge on any atom is -0.316 e. The molecule has 1 heterocycles. The predicted molar refractivity (Wildman–Crippen MR) is 45.0 cm³/mol. The second-order valence-corrected chi connectivity index (χ2v) is 2.74. The lowest BCUT2D eigenvalue weighted by Gasteiger charge is -2.07. The number of nitrogens with two attached hydrogens (primary N) is 2. The maximum absolute atomic E-state index is 11.2. The molecule has 4 N–H and O–H groups in total. The smallest absolute Gasteiger partial charge is 0.262 e. The van der Waals surface area contributed by atoms with Crippen LogP contribution in [0.5, 0.6) is 0 Å². The average molecular weight is 163 g/mol. The topological polar surface area (TPSA) is 72.4 Å². The third kappa shape index (κ3) is 0.760. The lowest BCUT2D eigenvalue weighted by atomic mass is 10.1. The number of carbonyl (C=O) groups excluding carboxylic acids is 1. The number of hydrogen-bond acceptors (Lipinski definition) is 3. The highest BCUT2D eigenvalue weighted by Crippen LogP contribution is 2.31. The van der Waals surface area contributed by atoms with E-state index in [1.807, 2.05) is 18.2 Å². The van der Waals surface area contributed by atoms with Gasteiger partial charge in [-0.15, -0.1) is 0 Å². The molecule has 4 nitrogen and oxygen atoms in total. The van der Waals surface area contributed by atoms with Crippen LogP contribution in [0.3, 0.4) is 0 Å². The molecule has 0 bridgehead atoms. The van der Waals surface area contributed by atoms with Gasteiger partial charge in [0.25, 0.3) is 5.91 Å². The quantitative estimate of drug-likeness (QED) is 0.414. The van der Waals surface area contributed by atoms with E-state index >= 15 is 0 Å². The Labute approximate surface area is 69.7 Å². The van der Waals surface area contributed by atoms with Gasteiger partial charge in [0, 0.05) is 5.56 Å². The summed E-state index contributed by atoms with van der Waals surface area (Å²) in [7, 11) is 0. The third-order valence-electron chi connectivity index (χ3n) is 2.03. The van der Waals surface area contributed by atoms with Crippen molar-refractivity contribution in [1.82, 2.24) is 0 Å². The van der Waals surface area contributed by atoms with Crippen molar-refractivity contribution in [2.24, 2.45) is 11.6 Å². The maximum atomic E-state index is 11.2. The van der Waals surface area contributed by atoms with Gasteiger partial charge in [-0.2, -0.15) is 0 Å². The van der Waals surface area contributed by atoms with E-state index in [-0.39, 0.29) is 5.91 Å². The third-order valence-corrected chi connectivity index (χ3v) is 2.03. The fourth-order valence-corrected chi connectivity index (χ4v) is 1.37. The van der Waals surface area contributed by atoms with Gasteiger partial charge in [-0.1, -0.05) is 18.2 Å². The molecule has 1 amide bonds. The van der Waals surface area contributed by atoms with Crippen molar-refractivity contribution in [3.8, 4) is 0 Å². The van der Waals surface area contributed by atoms with Crippen LogP contribution >= 0.6 is 0 Å². The van der Waals surface area contributed by atoms with Gasteiger partial charge in [0.1, 0.15) is 6.04 Å². The Morgan fingerprint density at radius 1 is 1.33 bits per heavy atom. The van der Waals surface area contributed by atoms with Crippen LogP contribution in [0.4, 0.5) is 5.69 Å². The summed E-state index contributed by atoms with van der Waals surface area (Å²) in [4.78, 5) is 11.2. The maximum Gasteiger partial charge on any atom is 0.262 e. The number of fused-ring (bicyclic) bond motifs is 1. The zero-order valence-corrected chi connectivity index (χ0v) is 6.40. The molecular weight excluding hydrogens is 154 g/mol. The molecule has 1 atom stereocenters. The van der Waals surface area contributed by atoms with Crippen LogP contribution in [0, 0.1) is 0 Å². The van der Waals surface area contributed by atoms with E-state index in [4.69, 9.17) is 11.6 Å². The van der Waals surface area contributed by atoms with Gasteiger partial charge in [-0.25, -0.2) is 10.9 Å². The van der Waals surface area contributed by atoms with Crippen LogP contribution in [0.15, 0.2) is 24.3 Å². The highest BCUT2D eigenvalue weighted by atomic mass is 16.2. The molecule has 0 saturated carbocycles. The number of carbonyl (C=O) groups is 1. The van der Waals surface area contributed by atoms with Crippen molar-refractivity contribution >= 4 is 11.6 Å². The van der Waals surface area contributed by atoms with E-state index in [0.717, 1.165) is 10.6 Å². The lowest BCUT2D eigenvalue weighted by Crippen LogP contribution is -2.37. The summed E-state index contributed by atoms with van der Waals surface area (Å²) in [6.07, 6.45) is 0. The standard InChI is InChI=1S/C8H9N3O/c9-7-5-3-1-2-4-6(5)11(10)8(7)12/h1-4,7H,9-10H2. The van der Waals surface area contributed by atoms with Crippen molar-refractivity contribution in [3.05, 3.63) is 29.8 Å². The van der Waals surface area contributed by atoms with Crippen LogP contribution in [0.25, 0.3) is 0 Å². The Balaban J connectivity index is 2.59. The van der Waals surface area contributed by atoms with Crippen molar-refractivity contribution in [2.45, 2.75) is 6.04 Å². The molecule has 2 rings (SSSR count). The summed E-state index contributed by atoms with van der Waals surface area (Å²) in [5.74, 6) is 5.23. The first-order chi connectivity index (χ1) is 5.72. The Hall–Kier alpha value is -1.39. The summed E-state index contributed by atoms with van der Waals surface area (Å²) in [6, 6.07) is 6.66. The normalized spacial score (nSPS) is 21.3. The summed E-state index contributed by atoms with van der Waals surface area (Å²) in [5, 5.41) is 1.10. The molecule has 1 aliphatic rings. The fourth-order valence-electron chi connectivity index (χ4n) is 1.37. The van der Waals surface area contributed by atoms with Gasteiger partial charge in [0.2, 0.25) is 0 Å². The van der Waals surface area contributed by atoms with Gasteiger partial charge in [0.15, 0.2) is 0 Å². The first kappa shape index (κ1) is 7.27. The van der Waals surface area contributed by atoms with E-state index in [1.165, 1.54) is 0 Å². The molecule has 62 valence electrons. The van der Waals surface area contributed by atoms with Crippen molar-refractivity contribution in [3.63, 3.8) is 0 Å². The molecule has 0 aromatic heterocycles. The Morgan fingerprint density at radius 3 is 2.67 bits per heavy atom. The molecule has 1 aromatic rings. The molecule has 1 unspecified atom stereocenters. The van der Waals surface area contributed by atoms with E-state index < -0.39 is 6.04 Å². The molecule has 0 saturated heterocycles. The molecule has 0 radical (unpaired) electrons. The number of hydrogen-bond donors (Lipinski definition) is 2. The van der Waals surface area contributed by atoms with E-state index in [9.17, 15) is 4.79 Å². The monoisotopic (exact) mass is 163 g/mol. The largest absolute Gasteiger partial charge is 0.316 e. The van der Waals surface area contributed by atoms with E-state index in [1.54, 1.807) is 6.07 Å². The zero-order chi connectivity index (χ0) is 8.72. The van der Waals surface area contributed by atoms with Crippen LogP contribution in [-0.4, -0.2) is 5.91 Å².